The van der Waals surface area contributed by atoms with E-state index in [-0.39, 0.29) is 34.5 Å². The van der Waals surface area contributed by atoms with Gasteiger partial charge in [0.2, 0.25) is 11.5 Å². The molecule has 7 rings (SSSR count). The highest BCUT2D eigenvalue weighted by molar-refractivity contribution is 6.74. The quantitative estimate of drug-likeness (QED) is 0.0758. The van der Waals surface area contributed by atoms with Gasteiger partial charge in [-0.3, -0.25) is 14.9 Å². The van der Waals surface area contributed by atoms with Gasteiger partial charge in [0.15, 0.2) is 8.32 Å². The van der Waals surface area contributed by atoms with E-state index < -0.39 is 14.4 Å². The summed E-state index contributed by atoms with van der Waals surface area (Å²) in [5.74, 6) is 0.837. The van der Waals surface area contributed by atoms with Gasteiger partial charge in [-0.1, -0.05) is 75.4 Å². The van der Waals surface area contributed by atoms with E-state index in [9.17, 15) is 19.5 Å². The first kappa shape index (κ1) is 44.6. The summed E-state index contributed by atoms with van der Waals surface area (Å²) in [6.45, 7) is 15.1. The number of rotatable bonds is 15. The Morgan fingerprint density at radius 1 is 0.952 bits per heavy atom. The largest absolute Gasteiger partial charge is 0.506 e. The molecule has 0 unspecified atom stereocenters. The Morgan fingerprint density at radius 2 is 1.69 bits per heavy atom. The topological polar surface area (TPSA) is 145 Å². The highest BCUT2D eigenvalue weighted by Crippen LogP contribution is 2.42. The van der Waals surface area contributed by atoms with Crippen LogP contribution in [0.5, 0.6) is 11.5 Å². The van der Waals surface area contributed by atoms with Crippen molar-refractivity contribution in [2.45, 2.75) is 89.8 Å². The van der Waals surface area contributed by atoms with E-state index in [0.717, 1.165) is 89.9 Å². The number of amides is 2. The summed E-state index contributed by atoms with van der Waals surface area (Å²) < 4.78 is 18.7. The van der Waals surface area contributed by atoms with Gasteiger partial charge in [-0.15, -0.1) is 0 Å². The number of piperidine rings is 1. The zero-order valence-electron chi connectivity index (χ0n) is 36.9. The Bertz CT molecular complexity index is 2420. The van der Waals surface area contributed by atoms with Crippen molar-refractivity contribution in [3.8, 4) is 22.6 Å². The van der Waals surface area contributed by atoms with Crippen molar-refractivity contribution in [3.05, 3.63) is 118 Å². The van der Waals surface area contributed by atoms with Crippen molar-refractivity contribution < 1.29 is 28.6 Å². The molecule has 1 aromatic heterocycles. The van der Waals surface area contributed by atoms with Crippen LogP contribution in [0.25, 0.3) is 22.0 Å². The van der Waals surface area contributed by atoms with E-state index in [1.165, 1.54) is 6.07 Å². The van der Waals surface area contributed by atoms with Crippen LogP contribution in [0.1, 0.15) is 69.2 Å². The first-order chi connectivity index (χ1) is 29.7. The second-order valence-electron chi connectivity index (χ2n) is 18.0. The van der Waals surface area contributed by atoms with Crippen LogP contribution in [0.4, 0.5) is 16.2 Å². The Labute approximate surface area is 365 Å². The van der Waals surface area contributed by atoms with Crippen LogP contribution < -0.4 is 25.8 Å². The molecule has 328 valence electrons. The molecule has 0 saturated carbocycles. The summed E-state index contributed by atoms with van der Waals surface area (Å²) in [5, 5.41) is 17.9. The van der Waals surface area contributed by atoms with Gasteiger partial charge in [0, 0.05) is 67.8 Å². The van der Waals surface area contributed by atoms with E-state index in [1.54, 1.807) is 19.2 Å². The molecule has 62 heavy (non-hydrogen) atoms. The smallest absolute Gasteiger partial charge is 0.411 e. The molecule has 0 aliphatic carbocycles. The number of nitrogens with zero attached hydrogens (tertiary/aromatic N) is 2. The highest BCUT2D eigenvalue weighted by Gasteiger charge is 2.40. The predicted molar refractivity (Wildman–Crippen MR) is 249 cm³/mol. The van der Waals surface area contributed by atoms with Gasteiger partial charge in [0.25, 0.3) is 0 Å². The van der Waals surface area contributed by atoms with Crippen LogP contribution in [0.15, 0.2) is 95.8 Å². The number of benzene rings is 4. The third kappa shape index (κ3) is 10.4. The number of hydrogen-bond acceptors (Lipinski definition) is 9. The van der Waals surface area contributed by atoms with Crippen molar-refractivity contribution in [2.24, 2.45) is 0 Å². The van der Waals surface area contributed by atoms with Gasteiger partial charge >= 0.3 is 6.09 Å². The summed E-state index contributed by atoms with van der Waals surface area (Å²) in [6, 6.07) is 28.6. The number of ether oxygens (including phenoxy) is 2. The van der Waals surface area contributed by atoms with E-state index in [2.05, 4.69) is 60.4 Å². The SMILES string of the molecule is COc1cc2c(cc1CNC[C@H](O[Si](C)(C)C(C)(C)C)c1ccc(O)c3[nH]c(=O)ccc13)CCN2C(=O)CCCN1CCC(OC(=O)Nc2ccccc2-c2ccccc2)CC1. The minimum atomic E-state index is -2.25. The van der Waals surface area contributed by atoms with Gasteiger partial charge in [-0.2, -0.15) is 0 Å². The molecule has 5 aromatic rings. The number of H-pyrrole nitrogens is 1. The second-order valence-corrected chi connectivity index (χ2v) is 22.7. The number of aromatic amines is 1. The number of pyridine rings is 1. The van der Waals surface area contributed by atoms with E-state index in [4.69, 9.17) is 13.9 Å². The number of carbonyl (C=O) groups is 2. The minimum Gasteiger partial charge on any atom is -0.506 e. The van der Waals surface area contributed by atoms with Crippen molar-refractivity contribution in [1.29, 1.82) is 0 Å². The lowest BCUT2D eigenvalue weighted by Gasteiger charge is -2.39. The summed E-state index contributed by atoms with van der Waals surface area (Å²) >= 11 is 0. The number of likely N-dealkylation sites (tertiary alicyclic amines) is 1. The van der Waals surface area contributed by atoms with E-state index in [0.29, 0.717) is 37.3 Å². The number of methoxy groups -OCH3 is 1. The number of anilines is 2. The van der Waals surface area contributed by atoms with Gasteiger partial charge in [0.05, 0.1) is 30.1 Å². The normalized spacial score (nSPS) is 15.4. The summed E-state index contributed by atoms with van der Waals surface area (Å²) in [5.41, 5.74) is 6.72. The second kappa shape index (κ2) is 19.3. The molecule has 1 saturated heterocycles. The average molecular weight is 860 g/mol. The standard InChI is InChI=1S/C49H61N5O7Si/c1-49(2,3)62(5,6)61-44(38-18-20-42(55)47-39(38)19-21-45(56)52-47)32-50-31-35-29-34-22-28-54(41(34)30-43(35)59-4)46(57)17-12-25-53-26-23-36(24-27-53)60-48(58)51-40-16-11-10-15-37(40)33-13-8-7-9-14-33/h7-11,13-16,18-21,29-30,36,44,50,55H,12,17,22-28,31-32H2,1-6H3,(H,51,58)(H,52,56)/t44-/m0/s1. The molecule has 2 aliphatic heterocycles. The zero-order chi connectivity index (χ0) is 44.0. The first-order valence-electron chi connectivity index (χ1n) is 21.8. The fourth-order valence-electron chi connectivity index (χ4n) is 8.27. The fraction of sp³-hybridized carbons (Fsp3) is 0.408. The number of para-hydroxylation sites is 1. The number of phenols is 1. The Morgan fingerprint density at radius 3 is 2.44 bits per heavy atom. The van der Waals surface area contributed by atoms with E-state index >= 15 is 0 Å². The molecule has 1 fully saturated rings. The first-order valence-corrected chi connectivity index (χ1v) is 24.7. The number of phenolic OH excluding ortho intramolecular Hbond substituents is 1. The van der Waals surface area contributed by atoms with Crippen LogP contribution in [0, 0.1) is 0 Å². The number of fused-ring (bicyclic) bond motifs is 2. The molecule has 0 radical (unpaired) electrons. The van der Waals surface area contributed by atoms with Gasteiger partial charge in [-0.25, -0.2) is 4.79 Å². The molecule has 0 bridgehead atoms. The lowest BCUT2D eigenvalue weighted by molar-refractivity contribution is -0.118. The predicted octanol–water partition coefficient (Wildman–Crippen LogP) is 9.14. The maximum Gasteiger partial charge on any atom is 0.411 e. The zero-order valence-corrected chi connectivity index (χ0v) is 37.9. The van der Waals surface area contributed by atoms with Gasteiger partial charge in [-0.05, 0) is 91.3 Å². The van der Waals surface area contributed by atoms with Crippen LogP contribution >= 0.6 is 0 Å². The van der Waals surface area contributed by atoms with Crippen molar-refractivity contribution in [3.63, 3.8) is 0 Å². The number of aromatic nitrogens is 1. The Balaban J connectivity index is 0.907. The molecule has 3 heterocycles. The molecule has 2 aliphatic rings. The summed E-state index contributed by atoms with van der Waals surface area (Å²) in [4.78, 5) is 45.7. The minimum absolute atomic E-state index is 0.0171. The lowest BCUT2D eigenvalue weighted by Crippen LogP contribution is -2.43. The highest BCUT2D eigenvalue weighted by atomic mass is 28.4. The molecule has 4 aromatic carbocycles. The van der Waals surface area contributed by atoms with Gasteiger partial charge in [0.1, 0.15) is 17.6 Å². The number of carbonyl (C=O) groups excluding carboxylic acids is 2. The summed E-state index contributed by atoms with van der Waals surface area (Å²) in [7, 11) is -0.592. The monoisotopic (exact) mass is 859 g/mol. The van der Waals surface area contributed by atoms with Crippen molar-refractivity contribution >= 4 is 42.6 Å². The van der Waals surface area contributed by atoms with Crippen molar-refractivity contribution in [1.82, 2.24) is 15.2 Å². The van der Waals surface area contributed by atoms with Crippen molar-refractivity contribution in [2.75, 3.05) is 50.1 Å². The van der Waals surface area contributed by atoms with Crippen LogP contribution in [0.2, 0.25) is 18.1 Å². The molecule has 12 nitrogen and oxygen atoms in total. The van der Waals surface area contributed by atoms with E-state index in [1.807, 2.05) is 71.6 Å². The third-order valence-electron chi connectivity index (χ3n) is 12.7. The Hall–Kier alpha value is -5.47. The maximum absolute atomic E-state index is 13.6. The number of hydrogen-bond donors (Lipinski definition) is 4. The molecule has 0 spiro atoms. The average Bonchev–Trinajstić information content (AvgIpc) is 3.67. The number of nitrogens with one attached hydrogen (secondary N) is 3. The molecule has 13 heteroatoms. The number of aromatic hydroxyl groups is 1. The fourth-order valence-corrected chi connectivity index (χ4v) is 9.55. The third-order valence-corrected chi connectivity index (χ3v) is 17.2. The lowest BCUT2D eigenvalue weighted by atomic mass is 10.0. The molecule has 1 atom stereocenters. The molecular formula is C49H61N5O7Si. The molecule has 2 amide bonds. The maximum atomic E-state index is 13.6. The summed E-state index contributed by atoms with van der Waals surface area (Å²) in [6.07, 6.45) is 2.51. The molecular weight excluding hydrogens is 799 g/mol. The van der Waals surface area contributed by atoms with Crippen LogP contribution in [0.3, 0.4) is 0 Å². The molecule has 4 N–H and O–H groups in total. The van der Waals surface area contributed by atoms with Crippen LogP contribution in [-0.2, 0) is 26.9 Å². The Kier molecular flexibility index (Phi) is 13.9. The van der Waals surface area contributed by atoms with Gasteiger partial charge < -0.3 is 39.1 Å². The van der Waals surface area contributed by atoms with Crippen LogP contribution in [-0.4, -0.2) is 81.2 Å².